The molecule has 1 aliphatic carbocycles. The van der Waals surface area contributed by atoms with E-state index in [2.05, 4.69) is 26.9 Å². The monoisotopic (exact) mass is 446 g/mol. The van der Waals surface area contributed by atoms with Gasteiger partial charge in [0.25, 0.3) is 0 Å². The van der Waals surface area contributed by atoms with Crippen molar-refractivity contribution in [2.24, 2.45) is 11.1 Å². The summed E-state index contributed by atoms with van der Waals surface area (Å²) in [6, 6.07) is 11.0. The number of ether oxygens (including phenoxy) is 1. The van der Waals surface area contributed by atoms with Crippen LogP contribution in [0.2, 0.25) is 0 Å². The van der Waals surface area contributed by atoms with Gasteiger partial charge in [0, 0.05) is 46.7 Å². The van der Waals surface area contributed by atoms with Crippen LogP contribution in [0, 0.1) is 11.2 Å². The fourth-order valence-electron chi connectivity index (χ4n) is 5.87. The Bertz CT molecular complexity index is 1360. The molecular formula is C26H27FN4O2. The predicted octanol–water partition coefficient (Wildman–Crippen LogP) is 4.91. The van der Waals surface area contributed by atoms with E-state index in [1.54, 1.807) is 0 Å². The second-order valence-electron chi connectivity index (χ2n) is 9.85. The van der Waals surface area contributed by atoms with Crippen LogP contribution in [0.4, 0.5) is 4.39 Å². The number of aromatic amines is 1. The van der Waals surface area contributed by atoms with Crippen LogP contribution in [-0.2, 0) is 9.53 Å². The van der Waals surface area contributed by atoms with Crippen LogP contribution >= 0.6 is 0 Å². The third kappa shape index (κ3) is 3.17. The summed E-state index contributed by atoms with van der Waals surface area (Å²) in [5.41, 5.74) is 10.8. The van der Waals surface area contributed by atoms with E-state index in [1.807, 2.05) is 25.3 Å². The Morgan fingerprint density at radius 1 is 1.18 bits per heavy atom. The van der Waals surface area contributed by atoms with E-state index < -0.39 is 5.41 Å². The van der Waals surface area contributed by atoms with Crippen LogP contribution < -0.4 is 5.73 Å². The molecule has 3 N–H and O–H groups in total. The van der Waals surface area contributed by atoms with Crippen molar-refractivity contribution in [2.45, 2.75) is 44.4 Å². The highest BCUT2D eigenvalue weighted by Crippen LogP contribution is 2.55. The molecule has 6 rings (SSSR count). The van der Waals surface area contributed by atoms with Gasteiger partial charge in [0.05, 0.1) is 17.2 Å². The molecule has 1 saturated carbocycles. The number of H-pyrrole nitrogens is 1. The SMILES string of the molecule is CC1(C(N)=O)CC(c2c(C3CCOCC3)n(-c3ccc(F)cc3)c3cc4cn[nH]c4cc23)C1. The third-order valence-electron chi connectivity index (χ3n) is 7.69. The van der Waals surface area contributed by atoms with Crippen molar-refractivity contribution in [1.29, 1.82) is 0 Å². The number of fused-ring (bicyclic) bond motifs is 2. The Morgan fingerprint density at radius 3 is 2.61 bits per heavy atom. The zero-order valence-corrected chi connectivity index (χ0v) is 18.6. The fraction of sp³-hybridized carbons (Fsp3) is 0.385. The number of amides is 1. The number of nitrogens with two attached hydrogens (primary N) is 1. The number of nitrogens with one attached hydrogen (secondary N) is 1. The molecule has 2 aliphatic rings. The van der Waals surface area contributed by atoms with Crippen molar-refractivity contribution in [3.05, 3.63) is 59.7 Å². The first-order chi connectivity index (χ1) is 15.9. The van der Waals surface area contributed by atoms with Crippen molar-refractivity contribution in [3.8, 4) is 5.69 Å². The Hall–Kier alpha value is -3.19. The molecule has 1 aliphatic heterocycles. The third-order valence-corrected chi connectivity index (χ3v) is 7.69. The molecule has 2 aromatic carbocycles. The molecule has 0 atom stereocenters. The van der Waals surface area contributed by atoms with Crippen molar-refractivity contribution >= 4 is 27.7 Å². The Labute approximate surface area is 190 Å². The van der Waals surface area contributed by atoms with Crippen LogP contribution in [0.3, 0.4) is 0 Å². The molecule has 170 valence electrons. The van der Waals surface area contributed by atoms with E-state index >= 15 is 0 Å². The van der Waals surface area contributed by atoms with Gasteiger partial charge >= 0.3 is 0 Å². The van der Waals surface area contributed by atoms with Gasteiger partial charge in [-0.05, 0) is 73.6 Å². The molecule has 1 amide bonds. The molecule has 0 bridgehead atoms. The molecule has 6 nitrogen and oxygen atoms in total. The van der Waals surface area contributed by atoms with E-state index in [0.717, 1.165) is 66.4 Å². The van der Waals surface area contributed by atoms with E-state index in [-0.39, 0.29) is 17.6 Å². The maximum absolute atomic E-state index is 13.8. The number of carbonyl (C=O) groups is 1. The molecule has 33 heavy (non-hydrogen) atoms. The fourth-order valence-corrected chi connectivity index (χ4v) is 5.87. The van der Waals surface area contributed by atoms with Gasteiger partial charge in [-0.2, -0.15) is 5.10 Å². The van der Waals surface area contributed by atoms with Crippen LogP contribution in [0.1, 0.15) is 55.7 Å². The lowest BCUT2D eigenvalue weighted by atomic mass is 9.60. The van der Waals surface area contributed by atoms with Crippen LogP contribution in [0.5, 0.6) is 0 Å². The second-order valence-corrected chi connectivity index (χ2v) is 9.85. The van der Waals surface area contributed by atoms with Crippen LogP contribution in [-0.4, -0.2) is 33.9 Å². The van der Waals surface area contributed by atoms with Gasteiger partial charge in [0.15, 0.2) is 0 Å². The molecule has 0 unspecified atom stereocenters. The lowest BCUT2D eigenvalue weighted by Crippen LogP contribution is -2.44. The minimum absolute atomic E-state index is 0.232. The van der Waals surface area contributed by atoms with E-state index in [4.69, 9.17) is 10.5 Å². The van der Waals surface area contributed by atoms with Crippen LogP contribution in [0.25, 0.3) is 27.5 Å². The molecular weight excluding hydrogens is 419 g/mol. The summed E-state index contributed by atoms with van der Waals surface area (Å²) >= 11 is 0. The smallest absolute Gasteiger partial charge is 0.223 e. The summed E-state index contributed by atoms with van der Waals surface area (Å²) in [7, 11) is 0. The summed E-state index contributed by atoms with van der Waals surface area (Å²) in [5.74, 6) is 0.0779. The van der Waals surface area contributed by atoms with Gasteiger partial charge < -0.3 is 15.0 Å². The van der Waals surface area contributed by atoms with Crippen molar-refractivity contribution in [2.75, 3.05) is 13.2 Å². The molecule has 3 heterocycles. The minimum atomic E-state index is -0.472. The predicted molar refractivity (Wildman–Crippen MR) is 125 cm³/mol. The zero-order chi connectivity index (χ0) is 22.7. The average molecular weight is 447 g/mol. The topological polar surface area (TPSA) is 85.9 Å². The first-order valence-electron chi connectivity index (χ1n) is 11.6. The summed E-state index contributed by atoms with van der Waals surface area (Å²) in [5, 5.41) is 9.52. The standard InChI is InChI=1S/C26H27FN4O2/c1-26(25(28)32)12-17(13-26)23-20-11-21-16(14-29-30-21)10-22(20)31(19-4-2-18(27)3-5-19)24(23)15-6-8-33-9-7-15/h2-5,10-11,14-15,17H,6-9,12-13H2,1H3,(H2,28,32)(H,29,30). The summed E-state index contributed by atoms with van der Waals surface area (Å²) in [6.07, 6.45) is 5.18. The van der Waals surface area contributed by atoms with Crippen LogP contribution in [0.15, 0.2) is 42.6 Å². The van der Waals surface area contributed by atoms with Gasteiger partial charge in [-0.3, -0.25) is 9.89 Å². The number of primary amides is 1. The summed E-state index contributed by atoms with van der Waals surface area (Å²) in [6.45, 7) is 3.42. The van der Waals surface area contributed by atoms with E-state index in [1.165, 1.54) is 23.4 Å². The average Bonchev–Trinajstić information content (AvgIpc) is 3.38. The molecule has 0 spiro atoms. The van der Waals surface area contributed by atoms with Crippen molar-refractivity contribution < 1.29 is 13.9 Å². The first-order valence-corrected chi connectivity index (χ1v) is 11.6. The Morgan fingerprint density at radius 2 is 1.91 bits per heavy atom. The van der Waals surface area contributed by atoms with Gasteiger partial charge in [-0.1, -0.05) is 6.92 Å². The molecule has 1 saturated heterocycles. The first kappa shape index (κ1) is 20.4. The van der Waals surface area contributed by atoms with Gasteiger partial charge in [-0.25, -0.2) is 4.39 Å². The lowest BCUT2D eigenvalue weighted by molar-refractivity contribution is -0.132. The highest BCUT2D eigenvalue weighted by molar-refractivity contribution is 5.99. The molecule has 2 aromatic heterocycles. The van der Waals surface area contributed by atoms with Crippen molar-refractivity contribution in [1.82, 2.24) is 14.8 Å². The summed E-state index contributed by atoms with van der Waals surface area (Å²) < 4.78 is 21.8. The summed E-state index contributed by atoms with van der Waals surface area (Å²) in [4.78, 5) is 12.1. The normalized spacial score (nSPS) is 23.8. The van der Waals surface area contributed by atoms with Gasteiger partial charge in [-0.15, -0.1) is 0 Å². The van der Waals surface area contributed by atoms with E-state index in [9.17, 15) is 9.18 Å². The minimum Gasteiger partial charge on any atom is -0.381 e. The second kappa shape index (κ2) is 7.42. The highest BCUT2D eigenvalue weighted by atomic mass is 19.1. The number of carbonyl (C=O) groups excluding carboxylic acids is 1. The Kier molecular flexibility index (Phi) is 4.59. The highest BCUT2D eigenvalue weighted by Gasteiger charge is 2.47. The zero-order valence-electron chi connectivity index (χ0n) is 18.6. The number of rotatable bonds is 4. The van der Waals surface area contributed by atoms with E-state index in [0.29, 0.717) is 5.92 Å². The van der Waals surface area contributed by atoms with Gasteiger partial charge in [0.1, 0.15) is 5.82 Å². The molecule has 0 radical (unpaired) electrons. The number of benzene rings is 2. The molecule has 4 aromatic rings. The maximum atomic E-state index is 13.8. The number of hydrogen-bond donors (Lipinski definition) is 2. The molecule has 2 fully saturated rings. The number of aromatic nitrogens is 3. The maximum Gasteiger partial charge on any atom is 0.223 e. The lowest BCUT2D eigenvalue weighted by Gasteiger charge is -2.44. The number of halogens is 1. The largest absolute Gasteiger partial charge is 0.381 e. The quantitative estimate of drug-likeness (QED) is 0.467. The molecule has 7 heteroatoms. The van der Waals surface area contributed by atoms with Crippen molar-refractivity contribution in [3.63, 3.8) is 0 Å². The van der Waals surface area contributed by atoms with Gasteiger partial charge in [0.2, 0.25) is 5.91 Å². The number of hydrogen-bond acceptors (Lipinski definition) is 3. The Balaban J connectivity index is 1.64. The number of nitrogens with zero attached hydrogens (tertiary/aromatic N) is 2.